The molecule has 1 heterocycles. The van der Waals surface area contributed by atoms with Crippen LogP contribution in [0.4, 0.5) is 4.39 Å². The predicted molar refractivity (Wildman–Crippen MR) is 98.1 cm³/mol. The molecule has 26 heavy (non-hydrogen) atoms. The lowest BCUT2D eigenvalue weighted by atomic mass is 10.0. The Hall–Kier alpha value is -2.71. The highest BCUT2D eigenvalue weighted by molar-refractivity contribution is 5.95. The monoisotopic (exact) mass is 351 g/mol. The molecule has 0 bridgehead atoms. The molecule has 2 aromatic rings. The van der Waals surface area contributed by atoms with Gasteiger partial charge < -0.3 is 4.90 Å². The summed E-state index contributed by atoms with van der Waals surface area (Å²) in [6.07, 6.45) is 0.705. The van der Waals surface area contributed by atoms with Gasteiger partial charge in [-0.3, -0.25) is 9.69 Å². The van der Waals surface area contributed by atoms with Crippen LogP contribution < -0.4 is 0 Å². The van der Waals surface area contributed by atoms with Crippen molar-refractivity contribution in [1.82, 2.24) is 9.80 Å². The molecule has 0 aliphatic carbocycles. The minimum Gasteiger partial charge on any atom is -0.336 e. The molecule has 0 spiro atoms. The van der Waals surface area contributed by atoms with E-state index in [1.54, 1.807) is 17.0 Å². The number of piperazine rings is 1. The lowest BCUT2D eigenvalue weighted by molar-refractivity contribution is 0.0627. The van der Waals surface area contributed by atoms with E-state index in [0.29, 0.717) is 30.6 Å². The van der Waals surface area contributed by atoms with Crippen LogP contribution in [0.3, 0.4) is 0 Å². The molecule has 4 nitrogen and oxygen atoms in total. The highest BCUT2D eigenvalue weighted by Crippen LogP contribution is 2.17. The van der Waals surface area contributed by atoms with Gasteiger partial charge in [0.05, 0.1) is 11.6 Å². The third kappa shape index (κ3) is 4.09. The van der Waals surface area contributed by atoms with Crippen LogP contribution in [-0.4, -0.2) is 41.9 Å². The Labute approximate surface area is 153 Å². The maximum absolute atomic E-state index is 13.6. The third-order valence-electron chi connectivity index (χ3n) is 4.80. The first-order valence-corrected chi connectivity index (χ1v) is 8.90. The Kier molecular flexibility index (Phi) is 5.65. The number of amides is 1. The Bertz CT molecular complexity index is 835. The Balaban J connectivity index is 1.62. The normalized spacial score (nSPS) is 14.9. The van der Waals surface area contributed by atoms with Crippen LogP contribution in [0.15, 0.2) is 42.5 Å². The lowest BCUT2D eigenvalue weighted by Gasteiger charge is -2.35. The average Bonchev–Trinajstić information content (AvgIpc) is 2.68. The van der Waals surface area contributed by atoms with Crippen LogP contribution in [0, 0.1) is 17.1 Å². The van der Waals surface area contributed by atoms with Gasteiger partial charge in [-0.25, -0.2) is 4.39 Å². The summed E-state index contributed by atoms with van der Waals surface area (Å²) in [4.78, 5) is 16.9. The van der Waals surface area contributed by atoms with Crippen molar-refractivity contribution in [2.24, 2.45) is 0 Å². The van der Waals surface area contributed by atoms with E-state index in [-0.39, 0.29) is 11.7 Å². The molecular weight excluding hydrogens is 329 g/mol. The van der Waals surface area contributed by atoms with Gasteiger partial charge in [0.1, 0.15) is 5.82 Å². The number of hydrogen-bond acceptors (Lipinski definition) is 3. The molecule has 0 N–H and O–H groups in total. The van der Waals surface area contributed by atoms with Crippen molar-refractivity contribution >= 4 is 5.91 Å². The predicted octanol–water partition coefficient (Wildman–Crippen LogP) is 3.22. The van der Waals surface area contributed by atoms with Gasteiger partial charge in [0.2, 0.25) is 0 Å². The number of benzene rings is 2. The first-order valence-electron chi connectivity index (χ1n) is 8.90. The van der Waals surface area contributed by atoms with Gasteiger partial charge in [0.25, 0.3) is 5.91 Å². The topological polar surface area (TPSA) is 47.3 Å². The molecule has 0 saturated carbocycles. The third-order valence-corrected chi connectivity index (χ3v) is 4.80. The molecular formula is C21H22FN3O. The lowest BCUT2D eigenvalue weighted by Crippen LogP contribution is -2.48. The summed E-state index contributed by atoms with van der Waals surface area (Å²) in [5.41, 5.74) is 3.12. The summed E-state index contributed by atoms with van der Waals surface area (Å²) in [5.74, 6) is -0.464. The van der Waals surface area contributed by atoms with Crippen molar-refractivity contribution in [3.63, 3.8) is 0 Å². The van der Waals surface area contributed by atoms with E-state index in [1.165, 1.54) is 12.1 Å². The van der Waals surface area contributed by atoms with Gasteiger partial charge in [-0.15, -0.1) is 0 Å². The second kappa shape index (κ2) is 8.11. The zero-order valence-electron chi connectivity index (χ0n) is 14.9. The molecule has 2 aromatic carbocycles. The zero-order chi connectivity index (χ0) is 18.5. The number of halogens is 1. The van der Waals surface area contributed by atoms with E-state index >= 15 is 0 Å². The SMILES string of the molecule is CCc1ccc(F)cc1C(=O)N1CCN(Cc2cccc(C#N)c2)CC1. The molecule has 1 aliphatic rings. The standard InChI is InChI=1S/C21H22FN3O/c1-2-18-6-7-19(22)13-20(18)21(26)25-10-8-24(9-11-25)15-17-5-3-4-16(12-17)14-23/h3-7,12-13H,2,8-11,15H2,1H3. The van der Waals surface area contributed by atoms with Crippen molar-refractivity contribution in [2.45, 2.75) is 19.9 Å². The molecule has 5 heteroatoms. The van der Waals surface area contributed by atoms with Gasteiger partial charge >= 0.3 is 0 Å². The molecule has 134 valence electrons. The van der Waals surface area contributed by atoms with E-state index in [9.17, 15) is 9.18 Å². The minimum absolute atomic E-state index is 0.0903. The Morgan fingerprint density at radius 3 is 2.62 bits per heavy atom. The summed E-state index contributed by atoms with van der Waals surface area (Å²) in [7, 11) is 0. The number of hydrogen-bond donors (Lipinski definition) is 0. The molecule has 1 aliphatic heterocycles. The maximum Gasteiger partial charge on any atom is 0.254 e. The number of nitriles is 1. The van der Waals surface area contributed by atoms with E-state index in [2.05, 4.69) is 11.0 Å². The van der Waals surface area contributed by atoms with Crippen LogP contribution in [0.25, 0.3) is 0 Å². The fraction of sp³-hybridized carbons (Fsp3) is 0.333. The maximum atomic E-state index is 13.6. The van der Waals surface area contributed by atoms with Crippen molar-refractivity contribution in [3.05, 3.63) is 70.5 Å². The minimum atomic E-state index is -0.374. The van der Waals surface area contributed by atoms with Gasteiger partial charge in [0, 0.05) is 38.3 Å². The van der Waals surface area contributed by atoms with E-state index in [4.69, 9.17) is 5.26 Å². The van der Waals surface area contributed by atoms with Crippen LogP contribution in [0.2, 0.25) is 0 Å². The molecule has 0 aromatic heterocycles. The fourth-order valence-electron chi connectivity index (χ4n) is 3.33. The van der Waals surface area contributed by atoms with Gasteiger partial charge in [-0.05, 0) is 41.8 Å². The van der Waals surface area contributed by atoms with E-state index in [1.807, 2.05) is 25.1 Å². The summed E-state index contributed by atoms with van der Waals surface area (Å²) < 4.78 is 13.6. The highest BCUT2D eigenvalue weighted by Gasteiger charge is 2.24. The number of aryl methyl sites for hydroxylation is 1. The van der Waals surface area contributed by atoms with E-state index < -0.39 is 0 Å². The molecule has 0 atom stereocenters. The van der Waals surface area contributed by atoms with E-state index in [0.717, 1.165) is 30.8 Å². The second-order valence-corrected chi connectivity index (χ2v) is 6.54. The summed E-state index contributed by atoms with van der Waals surface area (Å²) in [6, 6.07) is 14.2. The van der Waals surface area contributed by atoms with Crippen molar-refractivity contribution in [2.75, 3.05) is 26.2 Å². The number of rotatable bonds is 4. The van der Waals surface area contributed by atoms with Crippen LogP contribution in [-0.2, 0) is 13.0 Å². The second-order valence-electron chi connectivity index (χ2n) is 6.54. The number of nitrogens with zero attached hydrogens (tertiary/aromatic N) is 3. The molecule has 1 fully saturated rings. The Morgan fingerprint density at radius 1 is 1.15 bits per heavy atom. The van der Waals surface area contributed by atoms with Crippen molar-refractivity contribution < 1.29 is 9.18 Å². The average molecular weight is 351 g/mol. The van der Waals surface area contributed by atoms with Gasteiger partial charge in [0.15, 0.2) is 0 Å². The quantitative estimate of drug-likeness (QED) is 0.850. The largest absolute Gasteiger partial charge is 0.336 e. The smallest absolute Gasteiger partial charge is 0.254 e. The molecule has 3 rings (SSSR count). The molecule has 1 amide bonds. The van der Waals surface area contributed by atoms with Crippen LogP contribution in [0.1, 0.15) is 34.0 Å². The van der Waals surface area contributed by atoms with Crippen molar-refractivity contribution in [3.8, 4) is 6.07 Å². The first-order chi connectivity index (χ1) is 12.6. The number of carbonyl (C=O) groups is 1. The summed E-state index contributed by atoms with van der Waals surface area (Å²) in [6.45, 7) is 5.50. The van der Waals surface area contributed by atoms with Crippen LogP contribution >= 0.6 is 0 Å². The zero-order valence-corrected chi connectivity index (χ0v) is 14.9. The number of carbonyl (C=O) groups excluding carboxylic acids is 1. The summed E-state index contributed by atoms with van der Waals surface area (Å²) >= 11 is 0. The van der Waals surface area contributed by atoms with Crippen LogP contribution in [0.5, 0.6) is 0 Å². The summed E-state index contributed by atoms with van der Waals surface area (Å²) in [5, 5.41) is 9.00. The molecule has 0 unspecified atom stereocenters. The molecule has 0 radical (unpaired) electrons. The first kappa shape index (κ1) is 18.1. The van der Waals surface area contributed by atoms with Gasteiger partial charge in [-0.2, -0.15) is 5.26 Å². The fourth-order valence-corrected chi connectivity index (χ4v) is 3.33. The van der Waals surface area contributed by atoms with Crippen molar-refractivity contribution in [1.29, 1.82) is 5.26 Å². The molecule has 1 saturated heterocycles. The Morgan fingerprint density at radius 2 is 1.92 bits per heavy atom. The van der Waals surface area contributed by atoms with Gasteiger partial charge in [-0.1, -0.05) is 25.1 Å². The highest BCUT2D eigenvalue weighted by atomic mass is 19.1.